The fourth-order valence-corrected chi connectivity index (χ4v) is 3.99. The molecule has 3 rings (SSSR count). The van der Waals surface area contributed by atoms with Crippen LogP contribution in [0.3, 0.4) is 0 Å². The van der Waals surface area contributed by atoms with E-state index in [1.54, 1.807) is 12.1 Å². The zero-order valence-electron chi connectivity index (χ0n) is 18.2. The van der Waals surface area contributed by atoms with Gasteiger partial charge < -0.3 is 10.1 Å². The maximum Gasteiger partial charge on any atom is 0.263 e. The number of anilines is 2. The average molecular weight is 486 g/mol. The molecular formula is C22H23N5O4S2. The van der Waals surface area contributed by atoms with Crippen molar-refractivity contribution in [1.82, 2.24) is 15.3 Å². The third-order valence-electron chi connectivity index (χ3n) is 4.58. The molecule has 0 radical (unpaired) electrons. The number of aromatic nitrogens is 2. The Bertz CT molecular complexity index is 1240. The molecule has 2 aromatic carbocycles. The van der Waals surface area contributed by atoms with Crippen molar-refractivity contribution in [3.05, 3.63) is 72.1 Å². The lowest BCUT2D eigenvalue weighted by Gasteiger charge is -2.12. The van der Waals surface area contributed by atoms with Crippen LogP contribution in [-0.4, -0.2) is 36.5 Å². The maximum absolute atomic E-state index is 12.6. The first kappa shape index (κ1) is 24.1. The Morgan fingerprint density at radius 2 is 1.70 bits per heavy atom. The summed E-state index contributed by atoms with van der Waals surface area (Å²) < 4.78 is 32.5. The minimum Gasteiger partial charge on any atom is -0.481 e. The SMILES string of the molecule is COc1cc(NS(=O)(=O)c2ccc(NC(=S)NC(=O)c3ccc(C(C)C)cc3)cc2)ncn1. The summed E-state index contributed by atoms with van der Waals surface area (Å²) in [6, 6.07) is 14.5. The summed E-state index contributed by atoms with van der Waals surface area (Å²) in [5, 5.41) is 5.56. The van der Waals surface area contributed by atoms with Crippen molar-refractivity contribution in [3.63, 3.8) is 0 Å². The number of benzene rings is 2. The van der Waals surface area contributed by atoms with E-state index in [0.29, 0.717) is 17.2 Å². The van der Waals surface area contributed by atoms with Crippen molar-refractivity contribution < 1.29 is 17.9 Å². The molecule has 0 saturated heterocycles. The molecule has 0 spiro atoms. The molecule has 0 atom stereocenters. The Morgan fingerprint density at radius 3 is 2.30 bits per heavy atom. The van der Waals surface area contributed by atoms with Crippen molar-refractivity contribution in [2.75, 3.05) is 17.1 Å². The minimum absolute atomic E-state index is 0.0193. The van der Waals surface area contributed by atoms with Gasteiger partial charge in [-0.15, -0.1) is 0 Å². The highest BCUT2D eigenvalue weighted by atomic mass is 32.2. The molecule has 1 amide bonds. The van der Waals surface area contributed by atoms with E-state index in [1.807, 2.05) is 12.1 Å². The standard InChI is InChI=1S/C22H23N5O4S2/c1-14(2)15-4-6-16(7-5-15)21(28)26-22(32)25-17-8-10-18(11-9-17)33(29,30)27-19-12-20(31-3)24-13-23-19/h4-14H,1-3H3,(H,23,24,27)(H2,25,26,28,32). The van der Waals surface area contributed by atoms with Crippen molar-refractivity contribution in [1.29, 1.82) is 0 Å². The number of carbonyl (C=O) groups is 1. The fourth-order valence-electron chi connectivity index (χ4n) is 2.78. The van der Waals surface area contributed by atoms with Gasteiger partial charge in [0.25, 0.3) is 15.9 Å². The summed E-state index contributed by atoms with van der Waals surface area (Å²) >= 11 is 5.20. The first-order valence-corrected chi connectivity index (χ1v) is 11.8. The molecule has 0 fully saturated rings. The van der Waals surface area contributed by atoms with E-state index in [1.165, 1.54) is 43.8 Å². The number of methoxy groups -OCH3 is 1. The summed E-state index contributed by atoms with van der Waals surface area (Å²) in [6.45, 7) is 4.15. The Balaban J connectivity index is 1.61. The van der Waals surface area contributed by atoms with Crippen LogP contribution >= 0.6 is 12.2 Å². The van der Waals surface area contributed by atoms with Gasteiger partial charge in [0.05, 0.1) is 12.0 Å². The number of hydrogen-bond donors (Lipinski definition) is 3. The number of amides is 1. The van der Waals surface area contributed by atoms with Gasteiger partial charge in [-0.1, -0.05) is 26.0 Å². The molecule has 0 bridgehead atoms. The zero-order chi connectivity index (χ0) is 24.0. The fraction of sp³-hybridized carbons (Fsp3) is 0.182. The maximum atomic E-state index is 12.6. The summed E-state index contributed by atoms with van der Waals surface area (Å²) in [6.07, 6.45) is 1.19. The van der Waals surface area contributed by atoms with E-state index in [4.69, 9.17) is 17.0 Å². The molecular weight excluding hydrogens is 462 g/mol. The monoisotopic (exact) mass is 485 g/mol. The zero-order valence-corrected chi connectivity index (χ0v) is 19.8. The second-order valence-electron chi connectivity index (χ2n) is 7.26. The first-order chi connectivity index (χ1) is 15.7. The molecule has 0 aliphatic rings. The van der Waals surface area contributed by atoms with Crippen molar-refractivity contribution >= 4 is 44.8 Å². The van der Waals surface area contributed by atoms with Gasteiger partial charge in [0.1, 0.15) is 12.1 Å². The highest BCUT2D eigenvalue weighted by Gasteiger charge is 2.16. The molecule has 9 nitrogen and oxygen atoms in total. The molecule has 3 aromatic rings. The molecule has 1 aromatic heterocycles. The quantitative estimate of drug-likeness (QED) is 0.435. The molecule has 0 saturated carbocycles. The number of sulfonamides is 1. The predicted octanol–water partition coefficient (Wildman–Crippen LogP) is 3.54. The topological polar surface area (TPSA) is 122 Å². The van der Waals surface area contributed by atoms with Gasteiger partial charge in [-0.25, -0.2) is 18.4 Å². The van der Waals surface area contributed by atoms with Gasteiger partial charge in [-0.2, -0.15) is 0 Å². The molecule has 33 heavy (non-hydrogen) atoms. The highest BCUT2D eigenvalue weighted by molar-refractivity contribution is 7.92. The normalized spacial score (nSPS) is 11.0. The Kier molecular flexibility index (Phi) is 7.56. The van der Waals surface area contributed by atoms with Crippen LogP contribution in [0.15, 0.2) is 65.8 Å². The van der Waals surface area contributed by atoms with Gasteiger partial charge in [0, 0.05) is 17.3 Å². The molecule has 0 aliphatic heterocycles. The van der Waals surface area contributed by atoms with Crippen LogP contribution < -0.4 is 20.1 Å². The van der Waals surface area contributed by atoms with Crippen molar-refractivity contribution in [3.8, 4) is 5.88 Å². The van der Waals surface area contributed by atoms with Gasteiger partial charge >= 0.3 is 0 Å². The van der Waals surface area contributed by atoms with Crippen molar-refractivity contribution in [2.45, 2.75) is 24.7 Å². The molecule has 0 unspecified atom stereocenters. The lowest BCUT2D eigenvalue weighted by molar-refractivity contribution is 0.0977. The Morgan fingerprint density at radius 1 is 1.03 bits per heavy atom. The minimum atomic E-state index is -3.87. The lowest BCUT2D eigenvalue weighted by Crippen LogP contribution is -2.34. The van der Waals surface area contributed by atoms with Crippen molar-refractivity contribution in [2.24, 2.45) is 0 Å². The number of ether oxygens (including phenoxy) is 1. The van der Waals surface area contributed by atoms with Gasteiger partial charge in [0.2, 0.25) is 5.88 Å². The van der Waals surface area contributed by atoms with Crippen LogP contribution in [0, 0.1) is 0 Å². The van der Waals surface area contributed by atoms with Gasteiger partial charge in [-0.3, -0.25) is 14.8 Å². The van der Waals surface area contributed by atoms with Crippen LogP contribution in [0.2, 0.25) is 0 Å². The number of carbonyl (C=O) groups excluding carboxylic acids is 1. The number of hydrogen-bond acceptors (Lipinski definition) is 7. The van der Waals surface area contributed by atoms with Crippen LogP contribution in [-0.2, 0) is 10.0 Å². The number of thiocarbonyl (C=S) groups is 1. The second kappa shape index (κ2) is 10.4. The summed E-state index contributed by atoms with van der Waals surface area (Å²) in [5.74, 6) is 0.338. The van der Waals surface area contributed by atoms with Crippen LogP contribution in [0.5, 0.6) is 5.88 Å². The van der Waals surface area contributed by atoms with E-state index in [-0.39, 0.29) is 27.6 Å². The highest BCUT2D eigenvalue weighted by Crippen LogP contribution is 2.19. The second-order valence-corrected chi connectivity index (χ2v) is 9.35. The third-order valence-corrected chi connectivity index (χ3v) is 6.15. The predicted molar refractivity (Wildman–Crippen MR) is 130 cm³/mol. The molecule has 3 N–H and O–H groups in total. The Labute approximate surface area is 197 Å². The van der Waals surface area contributed by atoms with Gasteiger partial charge in [0.15, 0.2) is 5.11 Å². The summed E-state index contributed by atoms with van der Waals surface area (Å²) in [5.41, 5.74) is 2.13. The number of nitrogens with zero attached hydrogens (tertiary/aromatic N) is 2. The third kappa shape index (κ3) is 6.46. The van der Waals surface area contributed by atoms with Crippen LogP contribution in [0.4, 0.5) is 11.5 Å². The molecule has 1 heterocycles. The van der Waals surface area contributed by atoms with Gasteiger partial charge in [-0.05, 0) is 60.1 Å². The summed E-state index contributed by atoms with van der Waals surface area (Å²) in [4.78, 5) is 20.1. The lowest BCUT2D eigenvalue weighted by atomic mass is 10.0. The average Bonchev–Trinajstić information content (AvgIpc) is 2.79. The summed E-state index contributed by atoms with van der Waals surface area (Å²) in [7, 11) is -2.46. The number of rotatable bonds is 7. The molecule has 11 heteroatoms. The van der Waals surface area contributed by atoms with E-state index < -0.39 is 10.0 Å². The largest absolute Gasteiger partial charge is 0.481 e. The van der Waals surface area contributed by atoms with Crippen LogP contribution in [0.1, 0.15) is 35.7 Å². The van der Waals surface area contributed by atoms with E-state index in [2.05, 4.69) is 39.2 Å². The number of nitrogens with one attached hydrogen (secondary N) is 3. The molecule has 0 aliphatic carbocycles. The first-order valence-electron chi connectivity index (χ1n) is 9.89. The van der Waals surface area contributed by atoms with E-state index >= 15 is 0 Å². The van der Waals surface area contributed by atoms with Crippen LogP contribution in [0.25, 0.3) is 0 Å². The van der Waals surface area contributed by atoms with E-state index in [0.717, 1.165) is 5.56 Å². The van der Waals surface area contributed by atoms with E-state index in [9.17, 15) is 13.2 Å². The molecule has 172 valence electrons. The Hall–Kier alpha value is -3.57. The smallest absolute Gasteiger partial charge is 0.263 e.